The van der Waals surface area contributed by atoms with Crippen molar-refractivity contribution in [1.82, 2.24) is 0 Å². The maximum Gasteiger partial charge on any atom is 0.336 e. The Balaban J connectivity index is 1.69. The van der Waals surface area contributed by atoms with Crippen molar-refractivity contribution >= 4 is 34.2 Å². The molecule has 1 aromatic heterocycles. The van der Waals surface area contributed by atoms with Gasteiger partial charge in [-0.05, 0) is 49.2 Å². The second-order valence-electron chi connectivity index (χ2n) is 5.73. The molecule has 6 heteroatoms. The van der Waals surface area contributed by atoms with Gasteiger partial charge in [0.05, 0.1) is 10.7 Å². The number of aryl methyl sites for hydroxylation is 2. The van der Waals surface area contributed by atoms with Gasteiger partial charge in [0.25, 0.3) is 5.91 Å². The van der Waals surface area contributed by atoms with Crippen LogP contribution in [0.1, 0.15) is 11.1 Å². The average Bonchev–Trinajstić information content (AvgIpc) is 2.55. The Hall–Kier alpha value is -2.79. The first-order valence-corrected chi connectivity index (χ1v) is 8.03. The molecule has 0 fully saturated rings. The molecule has 3 aromatic rings. The maximum absolute atomic E-state index is 12.0. The van der Waals surface area contributed by atoms with Gasteiger partial charge in [-0.1, -0.05) is 17.7 Å². The van der Waals surface area contributed by atoms with Crippen molar-refractivity contribution in [3.05, 3.63) is 69.0 Å². The number of ether oxygens (including phenoxy) is 1. The fraction of sp³-hybridized carbons (Fsp3) is 0.158. The smallest absolute Gasteiger partial charge is 0.336 e. The lowest BCUT2D eigenvalue weighted by Gasteiger charge is -2.10. The Morgan fingerprint density at radius 2 is 1.96 bits per heavy atom. The molecular weight excluding hydrogens is 342 g/mol. The molecule has 1 amide bonds. The number of carbonyl (C=O) groups excluding carboxylic acids is 1. The topological polar surface area (TPSA) is 68.5 Å². The minimum atomic E-state index is -0.422. The summed E-state index contributed by atoms with van der Waals surface area (Å²) in [5.41, 5.74) is 2.36. The SMILES string of the molecule is Cc1ccc(NC(=O)COc2ccc3c(C)cc(=O)oc3c2)c(Cl)c1. The van der Waals surface area contributed by atoms with E-state index < -0.39 is 5.63 Å². The molecule has 5 nitrogen and oxygen atoms in total. The third kappa shape index (κ3) is 4.00. The lowest BCUT2D eigenvalue weighted by atomic mass is 10.1. The first-order valence-electron chi connectivity index (χ1n) is 7.66. The Kier molecular flexibility index (Phi) is 4.76. The molecule has 1 heterocycles. The summed E-state index contributed by atoms with van der Waals surface area (Å²) in [5, 5.41) is 3.98. The van der Waals surface area contributed by atoms with Crippen LogP contribution in [0.25, 0.3) is 11.0 Å². The van der Waals surface area contributed by atoms with Crippen LogP contribution in [0.2, 0.25) is 5.02 Å². The summed E-state index contributed by atoms with van der Waals surface area (Å²) in [6.45, 7) is 3.56. The molecule has 0 spiro atoms. The second-order valence-corrected chi connectivity index (χ2v) is 6.13. The van der Waals surface area contributed by atoms with E-state index in [9.17, 15) is 9.59 Å². The molecule has 0 unspecified atom stereocenters. The minimum absolute atomic E-state index is 0.189. The number of hydrogen-bond acceptors (Lipinski definition) is 4. The molecule has 0 aliphatic heterocycles. The Morgan fingerprint density at radius 1 is 1.16 bits per heavy atom. The average molecular weight is 358 g/mol. The van der Waals surface area contributed by atoms with E-state index in [0.717, 1.165) is 16.5 Å². The fourth-order valence-corrected chi connectivity index (χ4v) is 2.73. The van der Waals surface area contributed by atoms with E-state index in [1.165, 1.54) is 6.07 Å². The monoisotopic (exact) mass is 357 g/mol. The van der Waals surface area contributed by atoms with Crippen molar-refractivity contribution in [3.8, 4) is 5.75 Å². The number of hydrogen-bond donors (Lipinski definition) is 1. The van der Waals surface area contributed by atoms with Gasteiger partial charge in [-0.2, -0.15) is 0 Å². The third-order valence-corrected chi connectivity index (χ3v) is 4.00. The van der Waals surface area contributed by atoms with Crippen LogP contribution in [-0.4, -0.2) is 12.5 Å². The molecule has 0 radical (unpaired) electrons. The van der Waals surface area contributed by atoms with Gasteiger partial charge in [-0.25, -0.2) is 4.79 Å². The first kappa shape index (κ1) is 17.0. The van der Waals surface area contributed by atoms with Gasteiger partial charge >= 0.3 is 5.63 Å². The van der Waals surface area contributed by atoms with E-state index in [4.69, 9.17) is 20.8 Å². The van der Waals surface area contributed by atoms with Gasteiger partial charge in [0.2, 0.25) is 0 Å². The van der Waals surface area contributed by atoms with E-state index in [0.29, 0.717) is 22.0 Å². The van der Waals surface area contributed by atoms with Crippen molar-refractivity contribution in [2.75, 3.05) is 11.9 Å². The van der Waals surface area contributed by atoms with Crippen molar-refractivity contribution in [2.24, 2.45) is 0 Å². The molecule has 0 bridgehead atoms. The molecule has 3 rings (SSSR count). The number of benzene rings is 2. The van der Waals surface area contributed by atoms with Crippen LogP contribution in [0.4, 0.5) is 5.69 Å². The van der Waals surface area contributed by atoms with Crippen molar-refractivity contribution < 1.29 is 13.9 Å². The Bertz CT molecular complexity index is 1010. The van der Waals surface area contributed by atoms with E-state index in [1.807, 2.05) is 19.9 Å². The summed E-state index contributed by atoms with van der Waals surface area (Å²) >= 11 is 6.09. The lowest BCUT2D eigenvalue weighted by molar-refractivity contribution is -0.118. The molecule has 2 aromatic carbocycles. The molecule has 1 N–H and O–H groups in total. The van der Waals surface area contributed by atoms with Gasteiger partial charge in [-0.15, -0.1) is 0 Å². The van der Waals surface area contributed by atoms with Crippen LogP contribution in [0, 0.1) is 13.8 Å². The van der Waals surface area contributed by atoms with Crippen molar-refractivity contribution in [1.29, 1.82) is 0 Å². The van der Waals surface area contributed by atoms with Gasteiger partial charge < -0.3 is 14.5 Å². The van der Waals surface area contributed by atoms with Gasteiger partial charge in [-0.3, -0.25) is 4.79 Å². The molecule has 0 atom stereocenters. The van der Waals surface area contributed by atoms with Crippen molar-refractivity contribution in [3.63, 3.8) is 0 Å². The number of anilines is 1. The van der Waals surface area contributed by atoms with Crippen LogP contribution in [0.3, 0.4) is 0 Å². The first-order chi connectivity index (χ1) is 11.9. The Labute approximate surface area is 149 Å². The van der Waals surface area contributed by atoms with Crippen LogP contribution >= 0.6 is 11.6 Å². The molecule has 25 heavy (non-hydrogen) atoms. The molecule has 0 aliphatic rings. The van der Waals surface area contributed by atoms with Crippen molar-refractivity contribution in [2.45, 2.75) is 13.8 Å². The minimum Gasteiger partial charge on any atom is -0.484 e. The molecule has 0 saturated carbocycles. The molecule has 0 saturated heterocycles. The maximum atomic E-state index is 12.0. The summed E-state index contributed by atoms with van der Waals surface area (Å²) < 4.78 is 10.6. The number of carbonyl (C=O) groups is 1. The van der Waals surface area contributed by atoms with E-state index in [2.05, 4.69) is 5.32 Å². The molecule has 128 valence electrons. The zero-order chi connectivity index (χ0) is 18.0. The third-order valence-electron chi connectivity index (χ3n) is 3.69. The van der Waals surface area contributed by atoms with E-state index >= 15 is 0 Å². The predicted molar refractivity (Wildman–Crippen MR) is 97.5 cm³/mol. The quantitative estimate of drug-likeness (QED) is 0.714. The van der Waals surface area contributed by atoms with Gasteiger partial charge in [0, 0.05) is 17.5 Å². The van der Waals surface area contributed by atoms with Gasteiger partial charge in [0.15, 0.2) is 6.61 Å². The summed E-state index contributed by atoms with van der Waals surface area (Å²) in [6, 6.07) is 11.9. The highest BCUT2D eigenvalue weighted by atomic mass is 35.5. The van der Waals surface area contributed by atoms with Crippen LogP contribution < -0.4 is 15.7 Å². The number of nitrogens with one attached hydrogen (secondary N) is 1. The highest BCUT2D eigenvalue weighted by Crippen LogP contribution is 2.24. The summed E-state index contributed by atoms with van der Waals surface area (Å²) in [5.74, 6) is 0.1000. The number of amides is 1. The van der Waals surface area contributed by atoms with Crippen LogP contribution in [0.5, 0.6) is 5.75 Å². The van der Waals surface area contributed by atoms with Crippen LogP contribution in [-0.2, 0) is 4.79 Å². The highest BCUT2D eigenvalue weighted by molar-refractivity contribution is 6.33. The zero-order valence-corrected chi connectivity index (χ0v) is 14.5. The highest BCUT2D eigenvalue weighted by Gasteiger charge is 2.09. The van der Waals surface area contributed by atoms with Gasteiger partial charge in [0.1, 0.15) is 11.3 Å². The molecule has 0 aliphatic carbocycles. The largest absolute Gasteiger partial charge is 0.484 e. The number of fused-ring (bicyclic) bond motifs is 1. The fourth-order valence-electron chi connectivity index (χ4n) is 2.45. The second kappa shape index (κ2) is 6.99. The summed E-state index contributed by atoms with van der Waals surface area (Å²) in [6.07, 6.45) is 0. The van der Waals surface area contributed by atoms with E-state index in [1.54, 1.807) is 30.3 Å². The normalized spacial score (nSPS) is 10.7. The Morgan fingerprint density at radius 3 is 2.72 bits per heavy atom. The lowest BCUT2D eigenvalue weighted by Crippen LogP contribution is -2.20. The van der Waals surface area contributed by atoms with E-state index in [-0.39, 0.29) is 12.5 Å². The predicted octanol–water partition coefficient (Wildman–Crippen LogP) is 4.08. The number of halogens is 1. The summed E-state index contributed by atoms with van der Waals surface area (Å²) in [4.78, 5) is 23.5. The van der Waals surface area contributed by atoms with Crippen LogP contribution in [0.15, 0.2) is 51.7 Å². The number of rotatable bonds is 4. The summed E-state index contributed by atoms with van der Waals surface area (Å²) in [7, 11) is 0. The standard InChI is InChI=1S/C19H16ClNO4/c1-11-3-6-16(15(20)7-11)21-18(22)10-24-13-4-5-14-12(2)8-19(23)25-17(14)9-13/h3-9H,10H2,1-2H3,(H,21,22). The molecular formula is C19H16ClNO4. The zero-order valence-electron chi connectivity index (χ0n) is 13.8.